The van der Waals surface area contributed by atoms with Gasteiger partial charge in [-0.1, -0.05) is 33.3 Å². The van der Waals surface area contributed by atoms with Crippen LogP contribution in [0.2, 0.25) is 0 Å². The first-order valence-electron chi connectivity index (χ1n) is 11.9. The van der Waals surface area contributed by atoms with Crippen LogP contribution in [-0.2, 0) is 30.5 Å². The summed E-state index contributed by atoms with van der Waals surface area (Å²) in [7, 11) is 0. The number of nitrogens with one attached hydrogen (secondary N) is 1. The molecule has 11 nitrogen and oxygen atoms in total. The van der Waals surface area contributed by atoms with Crippen LogP contribution in [0.4, 0.5) is 0 Å². The fourth-order valence-electron chi connectivity index (χ4n) is 5.86. The van der Waals surface area contributed by atoms with E-state index in [0.29, 0.717) is 24.8 Å². The molecule has 3 fully saturated rings. The summed E-state index contributed by atoms with van der Waals surface area (Å²) >= 11 is 3.61. The molecule has 2 bridgehead atoms. The lowest BCUT2D eigenvalue weighted by Gasteiger charge is -2.34. The number of unbranched alkanes of at least 4 members (excludes halogenated alkanes) is 1. The zero-order valence-electron chi connectivity index (χ0n) is 19.3. The van der Waals surface area contributed by atoms with E-state index in [9.17, 15) is 19.5 Å². The second kappa shape index (κ2) is 9.47. The fourth-order valence-corrected chi connectivity index (χ4v) is 6.80. The summed E-state index contributed by atoms with van der Waals surface area (Å²) in [5, 5.41) is 20.4. The van der Waals surface area contributed by atoms with Crippen molar-refractivity contribution in [1.29, 1.82) is 0 Å². The maximum absolute atomic E-state index is 13.7. The Morgan fingerprint density at radius 1 is 1.34 bits per heavy atom. The number of para-hydroxylation sites is 1. The van der Waals surface area contributed by atoms with E-state index in [1.807, 2.05) is 24.3 Å². The number of nitrogens with zero attached hydrogens (tertiary/aromatic N) is 4. The van der Waals surface area contributed by atoms with Crippen molar-refractivity contribution in [1.82, 2.24) is 25.2 Å². The molecule has 3 aliphatic rings. The Morgan fingerprint density at radius 3 is 2.91 bits per heavy atom. The van der Waals surface area contributed by atoms with Crippen LogP contribution in [0.1, 0.15) is 26.2 Å². The van der Waals surface area contributed by atoms with Crippen LogP contribution >= 0.6 is 15.9 Å². The number of hydrogen-bond acceptors (Lipinski definition) is 8. The van der Waals surface area contributed by atoms with E-state index in [-0.39, 0.29) is 43.1 Å². The van der Waals surface area contributed by atoms with Crippen LogP contribution in [0.15, 0.2) is 24.3 Å². The Labute approximate surface area is 210 Å². The van der Waals surface area contributed by atoms with Crippen molar-refractivity contribution in [2.75, 3.05) is 19.8 Å². The maximum Gasteiger partial charge on any atom is 0.312 e. The number of alkyl halides is 1. The molecule has 0 radical (unpaired) electrons. The number of aliphatic hydroxyl groups is 1. The number of aromatic nitrogens is 3. The number of rotatable bonds is 9. The topological polar surface area (TPSA) is 136 Å². The van der Waals surface area contributed by atoms with Gasteiger partial charge in [-0.25, -0.2) is 4.68 Å². The van der Waals surface area contributed by atoms with E-state index in [1.165, 1.54) is 4.90 Å². The van der Waals surface area contributed by atoms with E-state index in [0.717, 1.165) is 5.52 Å². The molecule has 188 valence electrons. The molecule has 2 N–H and O–H groups in total. The van der Waals surface area contributed by atoms with Gasteiger partial charge in [0.05, 0.1) is 30.1 Å². The predicted molar refractivity (Wildman–Crippen MR) is 126 cm³/mol. The van der Waals surface area contributed by atoms with Gasteiger partial charge in [0.15, 0.2) is 0 Å². The summed E-state index contributed by atoms with van der Waals surface area (Å²) in [4.78, 5) is 41.5. The van der Waals surface area contributed by atoms with E-state index >= 15 is 0 Å². The number of esters is 1. The van der Waals surface area contributed by atoms with Crippen molar-refractivity contribution in [3.8, 4) is 0 Å². The highest BCUT2D eigenvalue weighted by Gasteiger charge is 2.76. The predicted octanol–water partition coefficient (Wildman–Crippen LogP) is 0.589. The summed E-state index contributed by atoms with van der Waals surface area (Å²) in [6.45, 7) is 2.24. The molecule has 6 atom stereocenters. The number of carbonyl (C=O) groups excluding carboxylic acids is 3. The molecule has 1 aromatic heterocycles. The summed E-state index contributed by atoms with van der Waals surface area (Å²) in [5.74, 6) is -2.72. The van der Waals surface area contributed by atoms with Crippen molar-refractivity contribution in [2.24, 2.45) is 11.8 Å². The number of likely N-dealkylation sites (tertiary alicyclic amines) is 1. The Hall–Kier alpha value is -2.57. The monoisotopic (exact) mass is 549 g/mol. The normalized spacial score (nSPS) is 31.2. The second-order valence-electron chi connectivity index (χ2n) is 9.15. The van der Waals surface area contributed by atoms with Crippen molar-refractivity contribution < 1.29 is 29.0 Å². The standard InChI is InChI=1S/C23H28BrN5O6/c1-2-34-22(33)16-17-21(32)28(9-5-6-10-30)19(23(17)11-13(24)18(16)35-23)20(31)25-12-29-15-8-4-3-7-14(15)26-27-29/h3-4,7-8,13,16-19,30H,2,5-6,9-12H2,1H3,(H,25,31)/t13?,16-,17-,18-,19?,23?/m0/s1. The molecule has 3 saturated heterocycles. The fraction of sp³-hybridized carbons (Fsp3) is 0.609. The van der Waals surface area contributed by atoms with Crippen LogP contribution in [0.25, 0.3) is 11.0 Å². The molecule has 1 spiro atoms. The van der Waals surface area contributed by atoms with Gasteiger partial charge in [0.2, 0.25) is 11.8 Å². The molecule has 3 aliphatic heterocycles. The molecule has 12 heteroatoms. The molecule has 0 aliphatic carbocycles. The summed E-state index contributed by atoms with van der Waals surface area (Å²) in [6, 6.07) is 6.50. The van der Waals surface area contributed by atoms with Gasteiger partial charge in [0.1, 0.15) is 23.8 Å². The molecule has 3 unspecified atom stereocenters. The molecule has 1 aromatic carbocycles. The molecule has 2 amide bonds. The molecular formula is C23H28BrN5O6. The average Bonchev–Trinajstić information content (AvgIpc) is 3.55. The summed E-state index contributed by atoms with van der Waals surface area (Å²) in [5.41, 5.74) is 0.340. The van der Waals surface area contributed by atoms with E-state index in [4.69, 9.17) is 9.47 Å². The largest absolute Gasteiger partial charge is 0.466 e. The maximum atomic E-state index is 13.7. The van der Waals surface area contributed by atoms with Crippen LogP contribution < -0.4 is 5.32 Å². The zero-order valence-corrected chi connectivity index (χ0v) is 20.9. The quantitative estimate of drug-likeness (QED) is 0.263. The number of aliphatic hydroxyl groups excluding tert-OH is 1. The van der Waals surface area contributed by atoms with Crippen molar-refractivity contribution in [3.63, 3.8) is 0 Å². The second-order valence-corrected chi connectivity index (χ2v) is 10.3. The van der Waals surface area contributed by atoms with E-state index in [1.54, 1.807) is 11.6 Å². The SMILES string of the molecule is CCOC(=O)[C@H]1[C@H]2C(=O)N(CCCCO)C(C(=O)NCn3nnc4ccccc43)C23CC(Br)[C@@H]1O3. The van der Waals surface area contributed by atoms with Crippen LogP contribution in [-0.4, -0.2) is 85.1 Å². The number of ether oxygens (including phenoxy) is 2. The molecular weight excluding hydrogens is 522 g/mol. The van der Waals surface area contributed by atoms with Crippen molar-refractivity contribution in [2.45, 2.75) is 55.4 Å². The zero-order chi connectivity index (χ0) is 24.7. The summed E-state index contributed by atoms with van der Waals surface area (Å²) in [6.07, 6.45) is 0.891. The summed E-state index contributed by atoms with van der Waals surface area (Å²) < 4.78 is 13.2. The highest BCUT2D eigenvalue weighted by molar-refractivity contribution is 9.09. The Kier molecular flexibility index (Phi) is 6.53. The third-order valence-corrected chi connectivity index (χ3v) is 8.07. The highest BCUT2D eigenvalue weighted by Crippen LogP contribution is 2.60. The Bertz CT molecular complexity index is 1140. The van der Waals surface area contributed by atoms with Gasteiger partial charge in [-0.05, 0) is 38.3 Å². The molecule has 0 saturated carbocycles. The van der Waals surface area contributed by atoms with Crippen LogP contribution in [0.5, 0.6) is 0 Å². The first-order chi connectivity index (χ1) is 16.9. The third-order valence-electron chi connectivity index (χ3n) is 7.23. The minimum atomic E-state index is -1.14. The lowest BCUT2D eigenvalue weighted by Crippen LogP contribution is -2.56. The molecule has 4 heterocycles. The van der Waals surface area contributed by atoms with Crippen molar-refractivity contribution in [3.05, 3.63) is 24.3 Å². The van der Waals surface area contributed by atoms with Gasteiger partial charge in [-0.15, -0.1) is 5.10 Å². The third kappa shape index (κ3) is 3.82. The van der Waals surface area contributed by atoms with Gasteiger partial charge >= 0.3 is 5.97 Å². The number of amides is 2. The van der Waals surface area contributed by atoms with Gasteiger partial charge in [-0.3, -0.25) is 14.4 Å². The van der Waals surface area contributed by atoms with Crippen molar-refractivity contribution >= 4 is 44.7 Å². The number of hydrogen-bond donors (Lipinski definition) is 2. The first kappa shape index (κ1) is 24.1. The van der Waals surface area contributed by atoms with Gasteiger partial charge < -0.3 is 24.8 Å². The van der Waals surface area contributed by atoms with Crippen LogP contribution in [0, 0.1) is 11.8 Å². The first-order valence-corrected chi connectivity index (χ1v) is 12.8. The molecule has 35 heavy (non-hydrogen) atoms. The van der Waals surface area contributed by atoms with Gasteiger partial charge in [0.25, 0.3) is 0 Å². The average molecular weight is 550 g/mol. The highest BCUT2D eigenvalue weighted by atomic mass is 79.9. The van der Waals surface area contributed by atoms with E-state index in [2.05, 4.69) is 31.6 Å². The minimum absolute atomic E-state index is 0.0136. The number of halogens is 1. The number of carbonyl (C=O) groups is 3. The molecule has 5 rings (SSSR count). The van der Waals surface area contributed by atoms with E-state index < -0.39 is 35.6 Å². The number of benzene rings is 1. The molecule has 2 aromatic rings. The van der Waals surface area contributed by atoms with Crippen LogP contribution in [0.3, 0.4) is 0 Å². The lowest BCUT2D eigenvalue weighted by molar-refractivity contribution is -0.154. The Morgan fingerprint density at radius 2 is 2.14 bits per heavy atom. The van der Waals surface area contributed by atoms with Gasteiger partial charge in [-0.2, -0.15) is 0 Å². The smallest absolute Gasteiger partial charge is 0.312 e. The number of fused-ring (bicyclic) bond motifs is 2. The Balaban J connectivity index is 1.44. The minimum Gasteiger partial charge on any atom is -0.466 e. The lowest BCUT2D eigenvalue weighted by atomic mass is 9.70. The van der Waals surface area contributed by atoms with Gasteiger partial charge in [0, 0.05) is 18.0 Å².